The second-order valence-electron chi connectivity index (χ2n) is 5.21. The molecule has 7 nitrogen and oxygen atoms in total. The summed E-state index contributed by atoms with van der Waals surface area (Å²) < 4.78 is 0. The number of benzene rings is 2. The minimum absolute atomic E-state index is 0.127. The zero-order valence-electron chi connectivity index (χ0n) is 12.3. The number of nitrogens with one attached hydrogen (secondary N) is 1. The largest absolute Gasteiger partial charge is 0.323 e. The average Bonchev–Trinajstić information content (AvgIpc) is 2.53. The fourth-order valence-corrected chi connectivity index (χ4v) is 2.51. The molecule has 3 rings (SSSR count). The van der Waals surface area contributed by atoms with E-state index in [2.05, 4.69) is 5.32 Å². The first-order chi connectivity index (χ1) is 11.0. The van der Waals surface area contributed by atoms with Gasteiger partial charge >= 0.3 is 0 Å². The van der Waals surface area contributed by atoms with Crippen molar-refractivity contribution in [1.82, 2.24) is 0 Å². The number of hydrogen-bond acceptors (Lipinski definition) is 4. The lowest BCUT2D eigenvalue weighted by Gasteiger charge is -2.29. The van der Waals surface area contributed by atoms with Crippen molar-refractivity contribution >= 4 is 28.9 Å². The summed E-state index contributed by atoms with van der Waals surface area (Å²) in [7, 11) is 0. The molecule has 0 atom stereocenters. The van der Waals surface area contributed by atoms with Crippen molar-refractivity contribution in [2.75, 3.05) is 16.8 Å². The highest BCUT2D eigenvalue weighted by Gasteiger charge is 2.28. The van der Waals surface area contributed by atoms with E-state index in [0.29, 0.717) is 16.9 Å². The lowest BCUT2D eigenvalue weighted by atomic mass is 10.1. The first-order valence-electron chi connectivity index (χ1n) is 6.93. The summed E-state index contributed by atoms with van der Waals surface area (Å²) in [5.74, 6) is -0.742. The van der Waals surface area contributed by atoms with E-state index in [1.165, 1.54) is 23.1 Å². The number of amides is 2. The first kappa shape index (κ1) is 14.7. The van der Waals surface area contributed by atoms with Gasteiger partial charge in [0.05, 0.1) is 16.3 Å². The molecule has 2 amide bonds. The van der Waals surface area contributed by atoms with Crippen LogP contribution in [0.5, 0.6) is 0 Å². The van der Waals surface area contributed by atoms with Crippen molar-refractivity contribution in [3.05, 3.63) is 63.7 Å². The molecule has 0 aliphatic carbocycles. The summed E-state index contributed by atoms with van der Waals surface area (Å²) in [6.07, 6.45) is 0. The second kappa shape index (κ2) is 5.53. The van der Waals surface area contributed by atoms with Crippen LogP contribution in [-0.4, -0.2) is 23.3 Å². The van der Waals surface area contributed by atoms with Crippen LogP contribution in [-0.2, 0) is 4.79 Å². The molecule has 1 N–H and O–H groups in total. The van der Waals surface area contributed by atoms with Crippen LogP contribution in [0.2, 0.25) is 0 Å². The third kappa shape index (κ3) is 2.64. The number of aryl methyl sites for hydroxylation is 1. The van der Waals surface area contributed by atoms with Gasteiger partial charge in [-0.2, -0.15) is 0 Å². The van der Waals surface area contributed by atoms with Gasteiger partial charge in [0.2, 0.25) is 5.91 Å². The van der Waals surface area contributed by atoms with Crippen LogP contribution < -0.4 is 10.2 Å². The van der Waals surface area contributed by atoms with Gasteiger partial charge in [0, 0.05) is 17.7 Å². The molecule has 0 radical (unpaired) electrons. The number of nitrogens with zero attached hydrogens (tertiary/aromatic N) is 2. The molecule has 2 aromatic rings. The van der Waals surface area contributed by atoms with Crippen LogP contribution in [0.1, 0.15) is 15.9 Å². The lowest BCUT2D eigenvalue weighted by molar-refractivity contribution is -0.384. The number of carbonyl (C=O) groups is 2. The Hall–Kier alpha value is -3.22. The maximum absolute atomic E-state index is 12.8. The van der Waals surface area contributed by atoms with Crippen LogP contribution in [0.4, 0.5) is 17.1 Å². The van der Waals surface area contributed by atoms with Crippen LogP contribution >= 0.6 is 0 Å². The first-order valence-corrected chi connectivity index (χ1v) is 6.93. The van der Waals surface area contributed by atoms with E-state index in [1.807, 2.05) is 0 Å². The van der Waals surface area contributed by atoms with E-state index in [0.717, 1.165) is 0 Å². The van der Waals surface area contributed by atoms with Gasteiger partial charge < -0.3 is 5.32 Å². The Morgan fingerprint density at radius 2 is 2.00 bits per heavy atom. The molecule has 23 heavy (non-hydrogen) atoms. The number of anilines is 2. The third-order valence-corrected chi connectivity index (χ3v) is 3.68. The number of rotatable bonds is 2. The summed E-state index contributed by atoms with van der Waals surface area (Å²) in [4.78, 5) is 36.4. The zero-order chi connectivity index (χ0) is 16.6. The van der Waals surface area contributed by atoms with E-state index < -0.39 is 10.8 Å². The Balaban J connectivity index is 2.06. The Labute approximate surface area is 131 Å². The molecular formula is C16H13N3O4. The highest BCUT2D eigenvalue weighted by atomic mass is 16.6. The number of carbonyl (C=O) groups excluding carboxylic acids is 2. The van der Waals surface area contributed by atoms with E-state index in [-0.39, 0.29) is 23.7 Å². The Morgan fingerprint density at radius 1 is 1.26 bits per heavy atom. The monoisotopic (exact) mass is 311 g/mol. The molecule has 2 aromatic carbocycles. The summed E-state index contributed by atoms with van der Waals surface area (Å²) in [5.41, 5.74) is 1.78. The molecule has 1 heterocycles. The zero-order valence-corrected chi connectivity index (χ0v) is 12.3. The Kier molecular flexibility index (Phi) is 3.53. The van der Waals surface area contributed by atoms with Gasteiger partial charge in [0.15, 0.2) is 0 Å². The lowest BCUT2D eigenvalue weighted by Crippen LogP contribution is -2.42. The van der Waals surface area contributed by atoms with E-state index in [9.17, 15) is 19.7 Å². The molecule has 0 unspecified atom stereocenters. The molecule has 116 valence electrons. The minimum Gasteiger partial charge on any atom is -0.323 e. The number of nitro benzene ring substituents is 1. The maximum Gasteiger partial charge on any atom is 0.270 e. The molecule has 0 spiro atoms. The van der Waals surface area contributed by atoms with Gasteiger partial charge in [-0.1, -0.05) is 18.2 Å². The van der Waals surface area contributed by atoms with Crippen LogP contribution in [0, 0.1) is 17.0 Å². The summed E-state index contributed by atoms with van der Waals surface area (Å²) in [6.45, 7) is 1.57. The van der Waals surface area contributed by atoms with Crippen LogP contribution in [0.3, 0.4) is 0 Å². The van der Waals surface area contributed by atoms with Crippen molar-refractivity contribution in [3.8, 4) is 0 Å². The summed E-state index contributed by atoms with van der Waals surface area (Å²) >= 11 is 0. The molecule has 1 aliphatic rings. The molecule has 0 fully saturated rings. The highest BCUT2D eigenvalue weighted by Crippen LogP contribution is 2.31. The highest BCUT2D eigenvalue weighted by molar-refractivity contribution is 6.15. The van der Waals surface area contributed by atoms with Gasteiger partial charge in [-0.05, 0) is 24.6 Å². The van der Waals surface area contributed by atoms with Crippen LogP contribution in [0.15, 0.2) is 42.5 Å². The Bertz CT molecular complexity index is 832. The standard InChI is InChI=1S/C16H13N3O4/c1-10-6-7-11(19(22)23)8-12(10)16(21)18-9-15(20)17-13-4-2-3-5-14(13)18/h2-8H,9H2,1H3,(H,17,20). The predicted molar refractivity (Wildman–Crippen MR) is 84.6 cm³/mol. The maximum atomic E-state index is 12.8. The van der Waals surface area contributed by atoms with E-state index >= 15 is 0 Å². The molecule has 0 saturated carbocycles. The fourth-order valence-electron chi connectivity index (χ4n) is 2.51. The number of hydrogen-bond donors (Lipinski definition) is 1. The smallest absolute Gasteiger partial charge is 0.270 e. The van der Waals surface area contributed by atoms with Crippen molar-refractivity contribution in [2.45, 2.75) is 6.92 Å². The predicted octanol–water partition coefficient (Wildman–Crippen LogP) is 2.50. The van der Waals surface area contributed by atoms with Crippen molar-refractivity contribution < 1.29 is 14.5 Å². The number of nitro groups is 1. The summed E-state index contributed by atoms with van der Waals surface area (Å²) in [5, 5.41) is 13.6. The molecular weight excluding hydrogens is 298 g/mol. The second-order valence-corrected chi connectivity index (χ2v) is 5.21. The molecule has 7 heteroatoms. The number of fused-ring (bicyclic) bond motifs is 1. The van der Waals surface area contributed by atoms with Gasteiger partial charge in [0.25, 0.3) is 11.6 Å². The van der Waals surface area contributed by atoms with Gasteiger partial charge in [-0.3, -0.25) is 24.6 Å². The van der Waals surface area contributed by atoms with Crippen molar-refractivity contribution in [2.24, 2.45) is 0 Å². The quantitative estimate of drug-likeness (QED) is 0.681. The molecule has 0 saturated heterocycles. The third-order valence-electron chi connectivity index (χ3n) is 3.68. The SMILES string of the molecule is Cc1ccc([N+](=O)[O-])cc1C(=O)N1CC(=O)Nc2ccccc21. The molecule has 0 aromatic heterocycles. The average molecular weight is 311 g/mol. The Morgan fingerprint density at radius 3 is 2.74 bits per heavy atom. The van der Waals surface area contributed by atoms with Gasteiger partial charge in [-0.25, -0.2) is 0 Å². The topological polar surface area (TPSA) is 92.6 Å². The molecule has 0 bridgehead atoms. The van der Waals surface area contributed by atoms with Crippen molar-refractivity contribution in [1.29, 1.82) is 0 Å². The van der Waals surface area contributed by atoms with Gasteiger partial charge in [0.1, 0.15) is 6.54 Å². The normalized spacial score (nSPS) is 13.3. The number of para-hydroxylation sites is 2. The minimum atomic E-state index is -0.549. The van der Waals surface area contributed by atoms with Crippen molar-refractivity contribution in [3.63, 3.8) is 0 Å². The summed E-state index contributed by atoms with van der Waals surface area (Å²) in [6, 6.07) is 11.1. The van der Waals surface area contributed by atoms with E-state index in [1.54, 1.807) is 31.2 Å². The fraction of sp³-hybridized carbons (Fsp3) is 0.125. The van der Waals surface area contributed by atoms with Crippen LogP contribution in [0.25, 0.3) is 0 Å². The molecule has 1 aliphatic heterocycles. The number of non-ortho nitro benzene ring substituents is 1. The van der Waals surface area contributed by atoms with Gasteiger partial charge in [-0.15, -0.1) is 0 Å². The van der Waals surface area contributed by atoms with E-state index in [4.69, 9.17) is 0 Å².